The minimum absolute atomic E-state index is 0.192. The standard InChI is InChI=1S/C14H23NO3/c1-4-17-9-8-15(3)11-12-6-7-13(16)14(10-12)18-5-2/h6-7,10,16H,4-5,8-9,11H2,1-3H3. The van der Waals surface area contributed by atoms with Crippen LogP contribution in [0.25, 0.3) is 0 Å². The molecule has 0 bridgehead atoms. The van der Waals surface area contributed by atoms with Gasteiger partial charge in [-0.3, -0.25) is 4.90 Å². The van der Waals surface area contributed by atoms with Crippen molar-refractivity contribution in [1.82, 2.24) is 4.90 Å². The van der Waals surface area contributed by atoms with Gasteiger partial charge in [0.2, 0.25) is 0 Å². The molecule has 0 aliphatic rings. The molecule has 0 amide bonds. The summed E-state index contributed by atoms with van der Waals surface area (Å²) in [5.74, 6) is 0.741. The van der Waals surface area contributed by atoms with E-state index in [4.69, 9.17) is 9.47 Å². The van der Waals surface area contributed by atoms with Crippen LogP contribution in [0.1, 0.15) is 19.4 Å². The fraction of sp³-hybridized carbons (Fsp3) is 0.571. The van der Waals surface area contributed by atoms with E-state index >= 15 is 0 Å². The van der Waals surface area contributed by atoms with Crippen molar-refractivity contribution in [3.63, 3.8) is 0 Å². The van der Waals surface area contributed by atoms with E-state index in [1.165, 1.54) is 0 Å². The second-order valence-corrected chi connectivity index (χ2v) is 4.17. The Balaban J connectivity index is 2.53. The Bertz CT molecular complexity index is 355. The Morgan fingerprint density at radius 1 is 1.22 bits per heavy atom. The van der Waals surface area contributed by atoms with Gasteiger partial charge < -0.3 is 14.6 Å². The third kappa shape index (κ3) is 4.94. The van der Waals surface area contributed by atoms with Crippen LogP contribution in [0.5, 0.6) is 11.5 Å². The highest BCUT2D eigenvalue weighted by Crippen LogP contribution is 2.27. The zero-order valence-corrected chi connectivity index (χ0v) is 11.5. The molecular weight excluding hydrogens is 230 g/mol. The summed E-state index contributed by atoms with van der Waals surface area (Å²) in [5.41, 5.74) is 1.12. The number of hydrogen-bond donors (Lipinski definition) is 1. The summed E-state index contributed by atoms with van der Waals surface area (Å²) in [6.45, 7) is 7.64. The Morgan fingerprint density at radius 2 is 2.00 bits per heavy atom. The summed E-state index contributed by atoms with van der Waals surface area (Å²) >= 11 is 0. The quantitative estimate of drug-likeness (QED) is 0.722. The SMILES string of the molecule is CCOCCN(C)Cc1ccc(O)c(OCC)c1. The van der Waals surface area contributed by atoms with Gasteiger partial charge in [0.05, 0.1) is 13.2 Å². The second kappa shape index (κ2) is 7.95. The Morgan fingerprint density at radius 3 is 2.67 bits per heavy atom. The Hall–Kier alpha value is -1.26. The molecular formula is C14H23NO3. The van der Waals surface area contributed by atoms with E-state index in [0.29, 0.717) is 12.4 Å². The maximum Gasteiger partial charge on any atom is 0.161 e. The van der Waals surface area contributed by atoms with E-state index < -0.39 is 0 Å². The third-order valence-corrected chi connectivity index (χ3v) is 2.60. The molecule has 1 aromatic carbocycles. The van der Waals surface area contributed by atoms with Gasteiger partial charge in [0, 0.05) is 19.7 Å². The summed E-state index contributed by atoms with van der Waals surface area (Å²) in [6.07, 6.45) is 0. The lowest BCUT2D eigenvalue weighted by Gasteiger charge is -2.17. The maximum absolute atomic E-state index is 9.61. The smallest absolute Gasteiger partial charge is 0.161 e. The molecule has 0 fully saturated rings. The van der Waals surface area contributed by atoms with Crippen molar-refractivity contribution < 1.29 is 14.6 Å². The molecule has 0 atom stereocenters. The van der Waals surface area contributed by atoms with Crippen LogP contribution in [0.2, 0.25) is 0 Å². The first-order chi connectivity index (χ1) is 8.67. The number of rotatable bonds is 8. The molecule has 0 aromatic heterocycles. The van der Waals surface area contributed by atoms with Crippen molar-refractivity contribution in [3.8, 4) is 11.5 Å². The van der Waals surface area contributed by atoms with Crippen LogP contribution in [0.3, 0.4) is 0 Å². The first-order valence-corrected chi connectivity index (χ1v) is 6.38. The van der Waals surface area contributed by atoms with Gasteiger partial charge in [0.15, 0.2) is 11.5 Å². The van der Waals surface area contributed by atoms with Crippen molar-refractivity contribution in [2.45, 2.75) is 20.4 Å². The van der Waals surface area contributed by atoms with Crippen LogP contribution in [-0.2, 0) is 11.3 Å². The van der Waals surface area contributed by atoms with E-state index in [2.05, 4.69) is 4.90 Å². The third-order valence-electron chi connectivity index (χ3n) is 2.60. The average Bonchev–Trinajstić information content (AvgIpc) is 2.34. The Labute approximate surface area is 109 Å². The summed E-state index contributed by atoms with van der Waals surface area (Å²) in [5, 5.41) is 9.61. The molecule has 102 valence electrons. The number of phenols is 1. The largest absolute Gasteiger partial charge is 0.504 e. The first-order valence-electron chi connectivity index (χ1n) is 6.38. The molecule has 1 rings (SSSR count). The van der Waals surface area contributed by atoms with E-state index in [1.54, 1.807) is 6.07 Å². The normalized spacial score (nSPS) is 10.9. The van der Waals surface area contributed by atoms with Gasteiger partial charge in [-0.1, -0.05) is 6.07 Å². The zero-order chi connectivity index (χ0) is 13.4. The molecule has 1 N–H and O–H groups in total. The highest BCUT2D eigenvalue weighted by molar-refractivity contribution is 5.41. The summed E-state index contributed by atoms with van der Waals surface area (Å²) < 4.78 is 10.7. The summed E-state index contributed by atoms with van der Waals surface area (Å²) in [6, 6.07) is 5.47. The summed E-state index contributed by atoms with van der Waals surface area (Å²) in [7, 11) is 2.05. The van der Waals surface area contributed by atoms with Crippen molar-refractivity contribution in [2.75, 3.05) is 33.4 Å². The van der Waals surface area contributed by atoms with Gasteiger partial charge in [-0.2, -0.15) is 0 Å². The number of benzene rings is 1. The highest BCUT2D eigenvalue weighted by atomic mass is 16.5. The minimum atomic E-state index is 0.192. The van der Waals surface area contributed by atoms with Crippen molar-refractivity contribution in [2.24, 2.45) is 0 Å². The fourth-order valence-corrected chi connectivity index (χ4v) is 1.68. The highest BCUT2D eigenvalue weighted by Gasteiger charge is 2.05. The molecule has 4 heteroatoms. The van der Waals surface area contributed by atoms with Crippen LogP contribution in [-0.4, -0.2) is 43.4 Å². The molecule has 0 heterocycles. The fourth-order valence-electron chi connectivity index (χ4n) is 1.68. The molecule has 18 heavy (non-hydrogen) atoms. The maximum atomic E-state index is 9.61. The molecule has 0 aliphatic carbocycles. The molecule has 0 saturated heterocycles. The molecule has 1 aromatic rings. The number of likely N-dealkylation sites (N-methyl/N-ethyl adjacent to an activating group) is 1. The molecule has 0 saturated carbocycles. The Kier molecular flexibility index (Phi) is 6.54. The van der Waals surface area contributed by atoms with Crippen LogP contribution in [0.15, 0.2) is 18.2 Å². The van der Waals surface area contributed by atoms with Crippen molar-refractivity contribution >= 4 is 0 Å². The van der Waals surface area contributed by atoms with Crippen molar-refractivity contribution in [1.29, 1.82) is 0 Å². The van der Waals surface area contributed by atoms with E-state index in [-0.39, 0.29) is 5.75 Å². The number of hydrogen-bond acceptors (Lipinski definition) is 4. The lowest BCUT2D eigenvalue weighted by Crippen LogP contribution is -2.22. The number of phenolic OH excluding ortho intramolecular Hbond substituents is 1. The van der Waals surface area contributed by atoms with E-state index in [9.17, 15) is 5.11 Å². The summed E-state index contributed by atoms with van der Waals surface area (Å²) in [4.78, 5) is 2.18. The molecule has 4 nitrogen and oxygen atoms in total. The van der Waals surface area contributed by atoms with Gasteiger partial charge in [-0.25, -0.2) is 0 Å². The zero-order valence-electron chi connectivity index (χ0n) is 11.5. The molecule has 0 aliphatic heterocycles. The predicted octanol–water partition coefficient (Wildman–Crippen LogP) is 2.26. The second-order valence-electron chi connectivity index (χ2n) is 4.17. The monoisotopic (exact) mass is 253 g/mol. The van der Waals surface area contributed by atoms with Crippen LogP contribution >= 0.6 is 0 Å². The average molecular weight is 253 g/mol. The predicted molar refractivity (Wildman–Crippen MR) is 72.1 cm³/mol. The minimum Gasteiger partial charge on any atom is -0.504 e. The molecule has 0 radical (unpaired) electrons. The molecule has 0 unspecified atom stereocenters. The van der Waals surface area contributed by atoms with Crippen molar-refractivity contribution in [3.05, 3.63) is 23.8 Å². The first kappa shape index (κ1) is 14.8. The van der Waals surface area contributed by atoms with Crippen LogP contribution in [0, 0.1) is 0 Å². The number of aromatic hydroxyl groups is 1. The van der Waals surface area contributed by atoms with Gasteiger partial charge in [0.25, 0.3) is 0 Å². The van der Waals surface area contributed by atoms with E-state index in [1.807, 2.05) is 33.0 Å². The lowest BCUT2D eigenvalue weighted by atomic mass is 10.2. The number of ether oxygens (including phenoxy) is 2. The lowest BCUT2D eigenvalue weighted by molar-refractivity contribution is 0.120. The van der Waals surface area contributed by atoms with Gasteiger partial charge >= 0.3 is 0 Å². The molecule has 0 spiro atoms. The van der Waals surface area contributed by atoms with Crippen LogP contribution in [0.4, 0.5) is 0 Å². The van der Waals surface area contributed by atoms with E-state index in [0.717, 1.165) is 31.9 Å². The van der Waals surface area contributed by atoms with Gasteiger partial charge in [0.1, 0.15) is 0 Å². The van der Waals surface area contributed by atoms with Gasteiger partial charge in [-0.05, 0) is 38.6 Å². The number of nitrogens with zero attached hydrogens (tertiary/aromatic N) is 1. The van der Waals surface area contributed by atoms with Gasteiger partial charge in [-0.15, -0.1) is 0 Å². The van der Waals surface area contributed by atoms with Crippen LogP contribution < -0.4 is 4.74 Å². The topological polar surface area (TPSA) is 41.9 Å².